The van der Waals surface area contributed by atoms with Crippen LogP contribution in [0, 0.1) is 0 Å². The molecule has 72 valence electrons. The Kier molecular flexibility index (Phi) is 3.56. The molecule has 0 aromatic rings. The van der Waals surface area contributed by atoms with Gasteiger partial charge < -0.3 is 0 Å². The average Bonchev–Trinajstić information content (AvgIpc) is 2.02. The van der Waals surface area contributed by atoms with Crippen molar-refractivity contribution in [2.45, 2.75) is 50.7 Å². The highest BCUT2D eigenvalue weighted by Crippen LogP contribution is 2.25. The van der Waals surface area contributed by atoms with Gasteiger partial charge in [0.1, 0.15) is 0 Å². The third-order valence-electron chi connectivity index (χ3n) is 2.61. The van der Waals surface area contributed by atoms with Crippen molar-refractivity contribution in [2.75, 3.05) is 5.75 Å². The maximum Gasteiger partial charge on any atom is 0.153 e. The van der Waals surface area contributed by atoms with E-state index in [4.69, 9.17) is 0 Å². The molecule has 0 aliphatic carbocycles. The lowest BCUT2D eigenvalue weighted by Gasteiger charge is -2.25. The fraction of sp³-hybridized carbons (Fsp3) is 1.00. The second-order valence-corrected chi connectivity index (χ2v) is 6.03. The third-order valence-corrected chi connectivity index (χ3v) is 4.90. The molecule has 0 amide bonds. The Bertz CT molecular complexity index is 219. The van der Waals surface area contributed by atoms with Crippen LogP contribution in [0.2, 0.25) is 0 Å². The van der Waals surface area contributed by atoms with Crippen molar-refractivity contribution in [3.8, 4) is 0 Å². The Morgan fingerprint density at radius 2 is 2.00 bits per heavy atom. The van der Waals surface area contributed by atoms with Gasteiger partial charge in [0.2, 0.25) is 0 Å². The molecule has 1 fully saturated rings. The van der Waals surface area contributed by atoms with E-state index in [9.17, 15) is 8.42 Å². The van der Waals surface area contributed by atoms with Gasteiger partial charge in [-0.3, -0.25) is 0 Å². The fourth-order valence-electron chi connectivity index (χ4n) is 1.60. The Hall–Kier alpha value is -0.0500. The van der Waals surface area contributed by atoms with Crippen molar-refractivity contribution < 1.29 is 8.42 Å². The van der Waals surface area contributed by atoms with Gasteiger partial charge >= 0.3 is 0 Å². The van der Waals surface area contributed by atoms with Crippen LogP contribution in [0.5, 0.6) is 0 Å². The lowest BCUT2D eigenvalue weighted by atomic mass is 10.1. The van der Waals surface area contributed by atoms with E-state index in [-0.39, 0.29) is 5.25 Å². The van der Waals surface area contributed by atoms with Gasteiger partial charge in [-0.05, 0) is 12.8 Å². The van der Waals surface area contributed by atoms with Gasteiger partial charge in [0.25, 0.3) is 0 Å². The Balaban J connectivity index is 2.09. The molecule has 1 aliphatic rings. The quantitative estimate of drug-likeness (QED) is 0.622. The molecule has 0 aromatic carbocycles. The SMILES string of the molecule is CCCCCCC1CCS1(=O)=O. The summed E-state index contributed by atoms with van der Waals surface area (Å²) in [6, 6.07) is 0. The first-order valence-corrected chi connectivity index (χ1v) is 6.60. The summed E-state index contributed by atoms with van der Waals surface area (Å²) in [6.07, 6.45) is 6.57. The fourth-order valence-corrected chi connectivity index (χ4v) is 3.08. The van der Waals surface area contributed by atoms with E-state index in [0.717, 1.165) is 19.3 Å². The maximum absolute atomic E-state index is 11.1. The summed E-state index contributed by atoms with van der Waals surface area (Å²) in [5, 5.41) is 0.0226. The normalized spacial score (nSPS) is 26.6. The Morgan fingerprint density at radius 3 is 2.42 bits per heavy atom. The molecular formula is C9H18O2S. The maximum atomic E-state index is 11.1. The molecule has 3 heteroatoms. The second-order valence-electron chi connectivity index (χ2n) is 3.63. The summed E-state index contributed by atoms with van der Waals surface area (Å²) in [7, 11) is -2.61. The first-order chi connectivity index (χ1) is 5.67. The first-order valence-electron chi connectivity index (χ1n) is 4.88. The molecule has 0 radical (unpaired) electrons. The number of hydrogen-bond donors (Lipinski definition) is 0. The van der Waals surface area contributed by atoms with Crippen molar-refractivity contribution in [3.63, 3.8) is 0 Å². The Labute approximate surface area is 75.3 Å². The van der Waals surface area contributed by atoms with Crippen LogP contribution in [0.25, 0.3) is 0 Å². The topological polar surface area (TPSA) is 34.1 Å². The third kappa shape index (κ3) is 2.47. The van der Waals surface area contributed by atoms with Crippen LogP contribution >= 0.6 is 0 Å². The Morgan fingerprint density at radius 1 is 1.25 bits per heavy atom. The van der Waals surface area contributed by atoms with Gasteiger partial charge in [-0.25, -0.2) is 8.42 Å². The van der Waals surface area contributed by atoms with Gasteiger partial charge in [0.05, 0.1) is 11.0 Å². The van der Waals surface area contributed by atoms with Crippen molar-refractivity contribution in [1.29, 1.82) is 0 Å². The summed E-state index contributed by atoms with van der Waals surface area (Å²) in [5.74, 6) is 0.436. The van der Waals surface area contributed by atoms with Crippen LogP contribution in [0.4, 0.5) is 0 Å². The summed E-state index contributed by atoms with van der Waals surface area (Å²) >= 11 is 0. The molecule has 1 unspecified atom stereocenters. The molecule has 0 saturated carbocycles. The molecule has 0 aromatic heterocycles. The van der Waals surface area contributed by atoms with Crippen LogP contribution in [-0.2, 0) is 9.84 Å². The molecule has 1 atom stereocenters. The van der Waals surface area contributed by atoms with E-state index < -0.39 is 9.84 Å². The highest BCUT2D eigenvalue weighted by Gasteiger charge is 2.34. The van der Waals surface area contributed by atoms with E-state index in [1.54, 1.807) is 0 Å². The summed E-state index contributed by atoms with van der Waals surface area (Å²) in [4.78, 5) is 0. The predicted octanol–water partition coefficient (Wildman–Crippen LogP) is 2.14. The molecule has 2 nitrogen and oxygen atoms in total. The minimum absolute atomic E-state index is 0.0226. The van der Waals surface area contributed by atoms with Crippen LogP contribution in [0.1, 0.15) is 45.4 Å². The van der Waals surface area contributed by atoms with Crippen LogP contribution in [0.15, 0.2) is 0 Å². The standard InChI is InChI=1S/C9H18O2S/c1-2-3-4-5-6-9-7-8-12(9,10)11/h9H,2-8H2,1H3. The lowest BCUT2D eigenvalue weighted by molar-refractivity contribution is 0.518. The monoisotopic (exact) mass is 190 g/mol. The lowest BCUT2D eigenvalue weighted by Crippen LogP contribution is -2.36. The number of rotatable bonds is 5. The molecule has 1 rings (SSSR count). The van der Waals surface area contributed by atoms with E-state index >= 15 is 0 Å². The molecule has 0 N–H and O–H groups in total. The largest absolute Gasteiger partial charge is 0.229 e. The summed E-state index contributed by atoms with van der Waals surface area (Å²) < 4.78 is 22.2. The zero-order valence-electron chi connectivity index (χ0n) is 7.75. The highest BCUT2D eigenvalue weighted by atomic mass is 32.2. The molecular weight excluding hydrogens is 172 g/mol. The van der Waals surface area contributed by atoms with E-state index in [1.807, 2.05) is 0 Å². The molecule has 0 bridgehead atoms. The minimum Gasteiger partial charge on any atom is -0.229 e. The second kappa shape index (κ2) is 4.26. The number of hydrogen-bond acceptors (Lipinski definition) is 2. The molecule has 1 aliphatic heterocycles. The van der Waals surface area contributed by atoms with Crippen molar-refractivity contribution in [3.05, 3.63) is 0 Å². The molecule has 1 saturated heterocycles. The van der Waals surface area contributed by atoms with Crippen molar-refractivity contribution >= 4 is 9.84 Å². The predicted molar refractivity (Wildman–Crippen MR) is 51.0 cm³/mol. The number of unbranched alkanes of at least 4 members (excludes halogenated alkanes) is 3. The average molecular weight is 190 g/mol. The zero-order valence-corrected chi connectivity index (χ0v) is 8.57. The highest BCUT2D eigenvalue weighted by molar-refractivity contribution is 7.93. The van der Waals surface area contributed by atoms with Gasteiger partial charge in [0.15, 0.2) is 9.84 Å². The molecule has 12 heavy (non-hydrogen) atoms. The smallest absolute Gasteiger partial charge is 0.153 e. The van der Waals surface area contributed by atoms with Crippen LogP contribution in [-0.4, -0.2) is 19.4 Å². The van der Waals surface area contributed by atoms with Crippen molar-refractivity contribution in [2.24, 2.45) is 0 Å². The van der Waals surface area contributed by atoms with E-state index in [2.05, 4.69) is 6.92 Å². The van der Waals surface area contributed by atoms with Gasteiger partial charge in [-0.15, -0.1) is 0 Å². The van der Waals surface area contributed by atoms with E-state index in [0.29, 0.717) is 5.75 Å². The zero-order chi connectivity index (χ0) is 9.03. The van der Waals surface area contributed by atoms with Gasteiger partial charge in [-0.2, -0.15) is 0 Å². The number of sulfone groups is 1. The summed E-state index contributed by atoms with van der Waals surface area (Å²) in [6.45, 7) is 2.17. The van der Waals surface area contributed by atoms with E-state index in [1.165, 1.54) is 19.3 Å². The van der Waals surface area contributed by atoms with Gasteiger partial charge in [-0.1, -0.05) is 32.6 Å². The van der Waals surface area contributed by atoms with Crippen LogP contribution < -0.4 is 0 Å². The minimum atomic E-state index is -2.61. The molecule has 1 heterocycles. The molecule has 0 spiro atoms. The first kappa shape index (κ1) is 10.0. The van der Waals surface area contributed by atoms with Crippen LogP contribution in [0.3, 0.4) is 0 Å². The van der Waals surface area contributed by atoms with Crippen molar-refractivity contribution in [1.82, 2.24) is 0 Å². The van der Waals surface area contributed by atoms with Gasteiger partial charge in [0, 0.05) is 0 Å². The summed E-state index contributed by atoms with van der Waals surface area (Å²) in [5.41, 5.74) is 0.